The second-order valence-corrected chi connectivity index (χ2v) is 6.43. The highest BCUT2D eigenvalue weighted by molar-refractivity contribution is 5.36. The van der Waals surface area contributed by atoms with Crippen molar-refractivity contribution >= 4 is 11.4 Å². The number of fused-ring (bicyclic) bond motifs is 2. The molecule has 0 aliphatic heterocycles. The first-order valence-corrected chi connectivity index (χ1v) is 8.72. The van der Waals surface area contributed by atoms with Gasteiger partial charge in [0.25, 0.3) is 0 Å². The molecular weight excluding hydrogens is 308 g/mol. The number of rotatable bonds is 4. The third kappa shape index (κ3) is 3.79. The van der Waals surface area contributed by atoms with E-state index in [4.69, 9.17) is 0 Å². The fourth-order valence-electron chi connectivity index (χ4n) is 3.34. The van der Waals surface area contributed by atoms with Gasteiger partial charge in [0.1, 0.15) is 0 Å². The monoisotopic (exact) mass is 328 g/mol. The van der Waals surface area contributed by atoms with Crippen molar-refractivity contribution in [3.8, 4) is 0 Å². The van der Waals surface area contributed by atoms with E-state index in [2.05, 4.69) is 32.6 Å². The number of hydrogen-bond donors (Lipinski definition) is 0. The van der Waals surface area contributed by atoms with Gasteiger partial charge in [-0.2, -0.15) is 20.5 Å². The summed E-state index contributed by atoms with van der Waals surface area (Å²) in [6.45, 7) is 0. The second-order valence-electron chi connectivity index (χ2n) is 6.43. The van der Waals surface area contributed by atoms with Gasteiger partial charge in [-0.05, 0) is 43.5 Å². The SMILES string of the molecule is C1=C(N=Nc2ccccc2)[C@@H]2CC=C(N=Nc3ccccc3)[C@H](C1)C2. The molecule has 0 N–H and O–H groups in total. The molecule has 0 saturated carbocycles. The van der Waals surface area contributed by atoms with Gasteiger partial charge in [-0.15, -0.1) is 0 Å². The minimum Gasteiger partial charge on any atom is -0.155 e. The number of hydrogen-bond acceptors (Lipinski definition) is 4. The van der Waals surface area contributed by atoms with Crippen LogP contribution in [0.5, 0.6) is 0 Å². The van der Waals surface area contributed by atoms with Gasteiger partial charge < -0.3 is 0 Å². The Bertz CT molecular complexity index is 763. The first-order chi connectivity index (χ1) is 12.4. The van der Waals surface area contributed by atoms with Crippen molar-refractivity contribution in [2.75, 3.05) is 0 Å². The lowest BCUT2D eigenvalue weighted by Crippen LogP contribution is -2.20. The summed E-state index contributed by atoms with van der Waals surface area (Å²) in [5.74, 6) is 0.892. The average molecular weight is 328 g/mol. The minimum absolute atomic E-state index is 0.446. The molecule has 0 spiro atoms. The fourth-order valence-corrected chi connectivity index (χ4v) is 3.34. The Kier molecular flexibility index (Phi) is 4.59. The largest absolute Gasteiger partial charge is 0.155 e. The highest BCUT2D eigenvalue weighted by atomic mass is 15.1. The molecule has 2 bridgehead atoms. The fraction of sp³-hybridized carbons (Fsp3) is 0.238. The van der Waals surface area contributed by atoms with Gasteiger partial charge in [-0.25, -0.2) is 0 Å². The van der Waals surface area contributed by atoms with Crippen molar-refractivity contribution < 1.29 is 0 Å². The quantitative estimate of drug-likeness (QED) is 0.557. The molecule has 0 unspecified atom stereocenters. The Labute approximate surface area is 147 Å². The standard InChI is InChI=1S/C21H20N4/c1-3-7-18(8-4-1)22-24-20-13-11-17-15-16(20)12-14-21(17)25-23-19-9-5-2-6-10-19/h1-10,13-14,16-17H,11-12,15H2/t16-,17-/m1/s1. The lowest BCUT2D eigenvalue weighted by molar-refractivity contribution is 0.392. The predicted molar refractivity (Wildman–Crippen MR) is 98.9 cm³/mol. The van der Waals surface area contributed by atoms with Crippen LogP contribution in [0.1, 0.15) is 19.3 Å². The molecule has 25 heavy (non-hydrogen) atoms. The highest BCUT2D eigenvalue weighted by Gasteiger charge is 2.30. The summed E-state index contributed by atoms with van der Waals surface area (Å²) in [6.07, 6.45) is 7.43. The second kappa shape index (κ2) is 7.34. The zero-order valence-electron chi connectivity index (χ0n) is 14.0. The molecule has 0 saturated heterocycles. The summed E-state index contributed by atoms with van der Waals surface area (Å²) < 4.78 is 0. The Morgan fingerprint density at radius 2 is 1.00 bits per heavy atom. The molecule has 4 rings (SSSR count). The summed E-state index contributed by atoms with van der Waals surface area (Å²) in [4.78, 5) is 0. The average Bonchev–Trinajstić information content (AvgIpc) is 2.68. The Morgan fingerprint density at radius 1 is 0.560 bits per heavy atom. The highest BCUT2D eigenvalue weighted by Crippen LogP contribution is 2.41. The first-order valence-electron chi connectivity index (χ1n) is 8.72. The maximum Gasteiger partial charge on any atom is 0.0856 e. The van der Waals surface area contributed by atoms with Crippen LogP contribution in [0.3, 0.4) is 0 Å². The van der Waals surface area contributed by atoms with Crippen molar-refractivity contribution in [1.82, 2.24) is 0 Å². The summed E-state index contributed by atoms with van der Waals surface area (Å²) in [5, 5.41) is 17.7. The molecule has 0 heterocycles. The van der Waals surface area contributed by atoms with Crippen LogP contribution in [0.15, 0.2) is 105 Å². The zero-order chi connectivity index (χ0) is 16.9. The maximum atomic E-state index is 4.50. The van der Waals surface area contributed by atoms with E-state index in [0.29, 0.717) is 11.8 Å². The normalized spacial score (nSPS) is 22.9. The topological polar surface area (TPSA) is 49.4 Å². The van der Waals surface area contributed by atoms with E-state index in [-0.39, 0.29) is 0 Å². The zero-order valence-corrected chi connectivity index (χ0v) is 14.0. The molecule has 0 fully saturated rings. The Balaban J connectivity index is 1.44. The van der Waals surface area contributed by atoms with Gasteiger partial charge in [0.05, 0.1) is 22.8 Å². The van der Waals surface area contributed by atoms with Gasteiger partial charge in [0, 0.05) is 11.8 Å². The Hall–Kier alpha value is -2.88. The third-order valence-electron chi connectivity index (χ3n) is 4.70. The number of allylic oxidation sites excluding steroid dienone is 4. The van der Waals surface area contributed by atoms with E-state index in [9.17, 15) is 0 Å². The van der Waals surface area contributed by atoms with E-state index < -0.39 is 0 Å². The lowest BCUT2D eigenvalue weighted by Gasteiger charge is -2.30. The first kappa shape index (κ1) is 15.6. The van der Waals surface area contributed by atoms with E-state index >= 15 is 0 Å². The smallest absolute Gasteiger partial charge is 0.0856 e. The molecule has 4 nitrogen and oxygen atoms in total. The van der Waals surface area contributed by atoms with E-state index in [1.54, 1.807) is 0 Å². The summed E-state index contributed by atoms with van der Waals surface area (Å²) in [7, 11) is 0. The predicted octanol–water partition coefficient (Wildman–Crippen LogP) is 6.75. The molecular formula is C21H20N4. The maximum absolute atomic E-state index is 4.50. The van der Waals surface area contributed by atoms with Crippen LogP contribution in [-0.2, 0) is 0 Å². The molecule has 2 aliphatic rings. The molecule has 4 heteroatoms. The number of benzene rings is 2. The molecule has 2 aromatic rings. The van der Waals surface area contributed by atoms with Crippen LogP contribution in [-0.4, -0.2) is 0 Å². The van der Waals surface area contributed by atoms with Crippen molar-refractivity contribution in [3.05, 3.63) is 84.2 Å². The molecule has 0 radical (unpaired) electrons. The van der Waals surface area contributed by atoms with E-state index in [0.717, 1.165) is 42.0 Å². The van der Waals surface area contributed by atoms with Crippen LogP contribution in [0.25, 0.3) is 0 Å². The number of nitrogens with zero attached hydrogens (tertiary/aromatic N) is 4. The van der Waals surface area contributed by atoms with Crippen LogP contribution < -0.4 is 0 Å². The van der Waals surface area contributed by atoms with Crippen molar-refractivity contribution in [2.24, 2.45) is 32.3 Å². The molecule has 2 atom stereocenters. The van der Waals surface area contributed by atoms with Crippen LogP contribution in [0.2, 0.25) is 0 Å². The van der Waals surface area contributed by atoms with Gasteiger partial charge in [-0.1, -0.05) is 48.6 Å². The molecule has 124 valence electrons. The van der Waals surface area contributed by atoms with Gasteiger partial charge >= 0.3 is 0 Å². The third-order valence-corrected chi connectivity index (χ3v) is 4.70. The van der Waals surface area contributed by atoms with E-state index in [1.807, 2.05) is 60.7 Å². The number of azo groups is 2. The van der Waals surface area contributed by atoms with Crippen molar-refractivity contribution in [2.45, 2.75) is 19.3 Å². The molecule has 0 amide bonds. The molecule has 2 aliphatic carbocycles. The minimum atomic E-state index is 0.446. The Morgan fingerprint density at radius 3 is 1.44 bits per heavy atom. The van der Waals surface area contributed by atoms with Gasteiger partial charge in [-0.3, -0.25) is 0 Å². The van der Waals surface area contributed by atoms with Gasteiger partial charge in [0.2, 0.25) is 0 Å². The summed E-state index contributed by atoms with van der Waals surface area (Å²) in [6, 6.07) is 19.8. The molecule has 0 aromatic heterocycles. The molecule has 2 aromatic carbocycles. The van der Waals surface area contributed by atoms with Crippen molar-refractivity contribution in [1.29, 1.82) is 0 Å². The lowest BCUT2D eigenvalue weighted by atomic mass is 9.77. The van der Waals surface area contributed by atoms with E-state index in [1.165, 1.54) is 0 Å². The van der Waals surface area contributed by atoms with Crippen LogP contribution in [0, 0.1) is 11.8 Å². The van der Waals surface area contributed by atoms with Crippen LogP contribution in [0.4, 0.5) is 11.4 Å². The van der Waals surface area contributed by atoms with Crippen molar-refractivity contribution in [3.63, 3.8) is 0 Å². The summed E-state index contributed by atoms with van der Waals surface area (Å²) in [5.41, 5.74) is 4.01. The van der Waals surface area contributed by atoms with Crippen LogP contribution >= 0.6 is 0 Å². The summed E-state index contributed by atoms with van der Waals surface area (Å²) >= 11 is 0. The van der Waals surface area contributed by atoms with Gasteiger partial charge in [0.15, 0.2) is 0 Å².